The number of piperidine rings is 1. The van der Waals surface area contributed by atoms with Crippen LogP contribution in [0.2, 0.25) is 0 Å². The van der Waals surface area contributed by atoms with E-state index in [9.17, 15) is 32.3 Å². The first-order chi connectivity index (χ1) is 14.0. The number of halogens is 3. The first-order valence-corrected chi connectivity index (χ1v) is 10.1. The molecule has 2 aromatic rings. The Morgan fingerprint density at radius 1 is 1.23 bits per heavy atom. The molecule has 0 aromatic carbocycles. The van der Waals surface area contributed by atoms with Gasteiger partial charge in [0, 0.05) is 39.4 Å². The Balaban J connectivity index is 1.92. The average molecular weight is 447 g/mol. The van der Waals surface area contributed by atoms with Crippen molar-refractivity contribution in [2.24, 2.45) is 0 Å². The zero-order chi connectivity index (χ0) is 22.2. The van der Waals surface area contributed by atoms with E-state index in [2.05, 4.69) is 0 Å². The number of aromatic amines is 1. The molecule has 3 heterocycles. The molecular weight excluding hydrogens is 427 g/mol. The Hall–Kier alpha value is -2.63. The SMILES string of the molecule is CC(=O)OC1CCN(C(=O)c2sc3c(c2C)c(=O)[nH]c(=O)n3CCC(F)(F)F)CC1. The van der Waals surface area contributed by atoms with Crippen LogP contribution >= 0.6 is 11.3 Å². The maximum atomic E-state index is 13.0. The molecule has 1 aliphatic heterocycles. The van der Waals surface area contributed by atoms with Crippen LogP contribution in [0.3, 0.4) is 0 Å². The molecule has 30 heavy (non-hydrogen) atoms. The van der Waals surface area contributed by atoms with Crippen LogP contribution in [0.5, 0.6) is 0 Å². The normalized spacial score (nSPS) is 15.6. The van der Waals surface area contributed by atoms with Gasteiger partial charge in [-0.05, 0) is 12.5 Å². The number of hydrogen-bond acceptors (Lipinski definition) is 6. The summed E-state index contributed by atoms with van der Waals surface area (Å²) in [5.41, 5.74) is -1.36. The third-order valence-electron chi connectivity index (χ3n) is 4.94. The predicted octanol–water partition coefficient (Wildman–Crippen LogP) is 2.18. The van der Waals surface area contributed by atoms with E-state index in [4.69, 9.17) is 4.74 Å². The molecule has 0 saturated carbocycles. The Bertz CT molecular complexity index is 1090. The summed E-state index contributed by atoms with van der Waals surface area (Å²) in [4.78, 5) is 52.3. The van der Waals surface area contributed by atoms with E-state index in [1.54, 1.807) is 4.90 Å². The number of rotatable bonds is 4. The summed E-state index contributed by atoms with van der Waals surface area (Å²) in [6.07, 6.45) is -5.06. The number of aromatic nitrogens is 2. The molecule has 164 valence electrons. The van der Waals surface area contributed by atoms with Gasteiger partial charge in [-0.1, -0.05) is 0 Å². The van der Waals surface area contributed by atoms with E-state index >= 15 is 0 Å². The van der Waals surface area contributed by atoms with Crippen LogP contribution in [0.1, 0.15) is 41.4 Å². The van der Waals surface area contributed by atoms with Crippen LogP contribution in [-0.2, 0) is 16.1 Å². The van der Waals surface area contributed by atoms with Gasteiger partial charge in [0.25, 0.3) is 11.5 Å². The Kier molecular flexibility index (Phi) is 6.06. The van der Waals surface area contributed by atoms with Crippen LogP contribution in [0, 0.1) is 6.92 Å². The first-order valence-electron chi connectivity index (χ1n) is 9.27. The summed E-state index contributed by atoms with van der Waals surface area (Å²) in [5.74, 6) is -0.764. The van der Waals surface area contributed by atoms with Gasteiger partial charge in [-0.2, -0.15) is 13.2 Å². The number of nitrogens with one attached hydrogen (secondary N) is 1. The number of alkyl halides is 3. The second-order valence-electron chi connectivity index (χ2n) is 7.11. The van der Waals surface area contributed by atoms with Gasteiger partial charge in [-0.15, -0.1) is 11.3 Å². The highest BCUT2D eigenvalue weighted by Crippen LogP contribution is 2.30. The molecule has 12 heteroatoms. The van der Waals surface area contributed by atoms with Crippen molar-refractivity contribution in [1.29, 1.82) is 0 Å². The van der Waals surface area contributed by atoms with E-state index < -0.39 is 36.4 Å². The Morgan fingerprint density at radius 2 is 1.87 bits per heavy atom. The van der Waals surface area contributed by atoms with Crippen molar-refractivity contribution in [3.05, 3.63) is 31.3 Å². The fraction of sp³-hybridized carbons (Fsp3) is 0.556. The van der Waals surface area contributed by atoms with Gasteiger partial charge in [0.2, 0.25) is 0 Å². The van der Waals surface area contributed by atoms with Crippen molar-refractivity contribution in [2.45, 2.75) is 51.9 Å². The Morgan fingerprint density at radius 3 is 2.43 bits per heavy atom. The molecule has 0 spiro atoms. The molecule has 1 aliphatic rings. The fourth-order valence-corrected chi connectivity index (χ4v) is 4.77. The second kappa shape index (κ2) is 8.25. The summed E-state index contributed by atoms with van der Waals surface area (Å²) in [5, 5.41) is 0.0416. The minimum absolute atomic E-state index is 0.0416. The molecule has 0 atom stereocenters. The molecule has 1 fully saturated rings. The van der Waals surface area contributed by atoms with Gasteiger partial charge in [0.1, 0.15) is 10.9 Å². The van der Waals surface area contributed by atoms with Crippen LogP contribution in [0.4, 0.5) is 13.2 Å². The number of nitrogens with zero attached hydrogens (tertiary/aromatic N) is 2. The van der Waals surface area contributed by atoms with Crippen LogP contribution in [0.25, 0.3) is 10.2 Å². The van der Waals surface area contributed by atoms with Gasteiger partial charge in [-0.3, -0.25) is 23.9 Å². The third-order valence-corrected chi connectivity index (χ3v) is 6.24. The molecule has 0 unspecified atom stereocenters. The van der Waals surface area contributed by atoms with Crippen molar-refractivity contribution in [3.8, 4) is 0 Å². The smallest absolute Gasteiger partial charge is 0.390 e. The molecular formula is C18H20F3N3O5S. The molecule has 1 saturated heterocycles. The zero-order valence-electron chi connectivity index (χ0n) is 16.3. The summed E-state index contributed by atoms with van der Waals surface area (Å²) >= 11 is 0.842. The maximum Gasteiger partial charge on any atom is 0.390 e. The number of esters is 1. The number of ether oxygens (including phenoxy) is 1. The second-order valence-corrected chi connectivity index (χ2v) is 8.11. The van der Waals surface area contributed by atoms with E-state index in [1.165, 1.54) is 13.8 Å². The third kappa shape index (κ3) is 4.58. The van der Waals surface area contributed by atoms with Crippen molar-refractivity contribution in [3.63, 3.8) is 0 Å². The lowest BCUT2D eigenvalue weighted by Crippen LogP contribution is -2.41. The highest BCUT2D eigenvalue weighted by molar-refractivity contribution is 7.20. The summed E-state index contributed by atoms with van der Waals surface area (Å²) in [6.45, 7) is 2.86. The van der Waals surface area contributed by atoms with E-state index in [-0.39, 0.29) is 27.1 Å². The van der Waals surface area contributed by atoms with E-state index in [0.29, 0.717) is 31.5 Å². The number of thiophene rings is 1. The molecule has 1 N–H and O–H groups in total. The highest BCUT2D eigenvalue weighted by Gasteiger charge is 2.30. The van der Waals surface area contributed by atoms with Crippen molar-refractivity contribution in [1.82, 2.24) is 14.5 Å². The number of fused-ring (bicyclic) bond motifs is 1. The van der Waals surface area contributed by atoms with Crippen LogP contribution in [0.15, 0.2) is 9.59 Å². The molecule has 8 nitrogen and oxygen atoms in total. The van der Waals surface area contributed by atoms with E-state index in [1.807, 2.05) is 4.98 Å². The number of likely N-dealkylation sites (tertiary alicyclic amines) is 1. The summed E-state index contributed by atoms with van der Waals surface area (Å²) in [7, 11) is 0. The van der Waals surface area contributed by atoms with E-state index in [0.717, 1.165) is 15.9 Å². The van der Waals surface area contributed by atoms with Gasteiger partial charge in [0.05, 0.1) is 16.7 Å². The number of aryl methyl sites for hydroxylation is 2. The topological polar surface area (TPSA) is 101 Å². The minimum atomic E-state index is -4.47. The van der Waals surface area contributed by atoms with Crippen molar-refractivity contribution in [2.75, 3.05) is 13.1 Å². The number of H-pyrrole nitrogens is 1. The molecule has 3 rings (SSSR count). The minimum Gasteiger partial charge on any atom is -0.462 e. The lowest BCUT2D eigenvalue weighted by Gasteiger charge is -2.31. The monoisotopic (exact) mass is 447 g/mol. The largest absolute Gasteiger partial charge is 0.462 e. The standard InChI is InChI=1S/C18H20F3N3O5S/c1-9-12-14(26)22-17(28)24(8-5-18(19,20)21)16(12)30-13(9)15(27)23-6-3-11(4-7-23)29-10(2)25/h11H,3-8H2,1-2H3,(H,22,26,28). The summed E-state index contributed by atoms with van der Waals surface area (Å²) in [6, 6.07) is 0. The average Bonchev–Trinajstić information content (AvgIpc) is 2.97. The number of hydrogen-bond donors (Lipinski definition) is 1. The van der Waals surface area contributed by atoms with Gasteiger partial charge >= 0.3 is 17.8 Å². The molecule has 2 aromatic heterocycles. The van der Waals surface area contributed by atoms with Gasteiger partial charge in [-0.25, -0.2) is 4.79 Å². The van der Waals surface area contributed by atoms with Crippen molar-refractivity contribution < 1.29 is 27.5 Å². The van der Waals surface area contributed by atoms with Crippen LogP contribution in [-0.4, -0.2) is 51.7 Å². The zero-order valence-corrected chi connectivity index (χ0v) is 17.1. The lowest BCUT2D eigenvalue weighted by atomic mass is 10.1. The molecule has 1 amide bonds. The Labute approximate surface area is 172 Å². The van der Waals surface area contributed by atoms with Crippen molar-refractivity contribution >= 4 is 33.4 Å². The lowest BCUT2D eigenvalue weighted by molar-refractivity contribution is -0.148. The molecule has 0 aliphatic carbocycles. The fourth-order valence-electron chi connectivity index (χ4n) is 3.48. The molecule has 0 radical (unpaired) electrons. The van der Waals surface area contributed by atoms with Gasteiger partial charge < -0.3 is 9.64 Å². The first kappa shape index (κ1) is 22.1. The maximum absolute atomic E-state index is 13.0. The number of carbonyl (C=O) groups is 2. The summed E-state index contributed by atoms with van der Waals surface area (Å²) < 4.78 is 43.9. The highest BCUT2D eigenvalue weighted by atomic mass is 32.1. The molecule has 0 bridgehead atoms. The van der Waals surface area contributed by atoms with Gasteiger partial charge in [0.15, 0.2) is 0 Å². The number of carbonyl (C=O) groups excluding carboxylic acids is 2. The van der Waals surface area contributed by atoms with Crippen LogP contribution < -0.4 is 11.2 Å². The number of amides is 1. The quantitative estimate of drug-likeness (QED) is 0.724. The predicted molar refractivity (Wildman–Crippen MR) is 103 cm³/mol.